The molecule has 1 amide bonds. The van der Waals surface area contributed by atoms with Crippen LogP contribution in [0.5, 0.6) is 0 Å². The number of anilines is 2. The number of rotatable bonds is 4. The maximum atomic E-state index is 12.6. The fraction of sp³-hybridized carbons (Fsp3) is 0.556. The fourth-order valence-electron chi connectivity index (χ4n) is 3.57. The highest BCUT2D eigenvalue weighted by atomic mass is 16.2. The molecular weight excluding hydrogens is 330 g/mol. The number of nitrogens with zero attached hydrogens (tertiary/aromatic N) is 5. The molecule has 2 aliphatic rings. The van der Waals surface area contributed by atoms with Gasteiger partial charge in [-0.25, -0.2) is 4.98 Å². The van der Waals surface area contributed by atoms with Crippen LogP contribution in [-0.2, 0) is 24.4 Å². The van der Waals surface area contributed by atoms with Crippen LogP contribution < -0.4 is 11.1 Å². The number of carbonyl (C=O) groups excluding carboxylic acids is 1. The molecular formula is C18H25N7O. The van der Waals surface area contributed by atoms with Gasteiger partial charge in [-0.1, -0.05) is 6.42 Å². The molecule has 0 bridgehead atoms. The Hall–Kier alpha value is -2.64. The number of fused-ring (bicyclic) bond motifs is 1. The second kappa shape index (κ2) is 6.93. The predicted octanol–water partition coefficient (Wildman–Crippen LogP) is 1.71. The summed E-state index contributed by atoms with van der Waals surface area (Å²) in [4.78, 5) is 22.8. The van der Waals surface area contributed by atoms with Gasteiger partial charge in [0, 0.05) is 30.8 Å². The third-order valence-corrected chi connectivity index (χ3v) is 5.15. The van der Waals surface area contributed by atoms with E-state index in [0.29, 0.717) is 24.8 Å². The van der Waals surface area contributed by atoms with Crippen LogP contribution in [0.1, 0.15) is 42.8 Å². The number of amides is 1. The quantitative estimate of drug-likeness (QED) is 0.866. The molecule has 2 aromatic rings. The average molecular weight is 355 g/mol. The SMILES string of the molecule is Cc1cc(NCc2cc3n(n2)CCCN(C(=O)C2CCC2)C3)nc(N)n1. The molecule has 1 fully saturated rings. The number of nitrogens with two attached hydrogens (primary N) is 1. The molecule has 26 heavy (non-hydrogen) atoms. The number of carbonyl (C=O) groups is 1. The number of aromatic nitrogens is 4. The molecule has 0 atom stereocenters. The van der Waals surface area contributed by atoms with Crippen LogP contribution >= 0.6 is 0 Å². The topological polar surface area (TPSA) is 102 Å². The van der Waals surface area contributed by atoms with Crippen molar-refractivity contribution in [3.05, 3.63) is 29.2 Å². The number of nitrogen functional groups attached to an aromatic ring is 1. The lowest BCUT2D eigenvalue weighted by Crippen LogP contribution is -2.38. The minimum atomic E-state index is 0.247. The van der Waals surface area contributed by atoms with E-state index in [-0.39, 0.29) is 11.9 Å². The molecule has 1 saturated carbocycles. The van der Waals surface area contributed by atoms with E-state index in [2.05, 4.69) is 26.4 Å². The first-order valence-corrected chi connectivity index (χ1v) is 9.28. The van der Waals surface area contributed by atoms with Crippen molar-refractivity contribution in [2.45, 2.75) is 52.2 Å². The Labute approximate surface area is 152 Å². The minimum Gasteiger partial charge on any atom is -0.368 e. The van der Waals surface area contributed by atoms with Crippen molar-refractivity contribution in [1.82, 2.24) is 24.6 Å². The highest BCUT2D eigenvalue weighted by molar-refractivity contribution is 5.79. The zero-order valence-electron chi connectivity index (χ0n) is 15.1. The van der Waals surface area contributed by atoms with Crippen LogP contribution in [0.2, 0.25) is 0 Å². The van der Waals surface area contributed by atoms with Gasteiger partial charge in [0.05, 0.1) is 24.5 Å². The maximum Gasteiger partial charge on any atom is 0.226 e. The van der Waals surface area contributed by atoms with Crippen molar-refractivity contribution >= 4 is 17.7 Å². The third kappa shape index (κ3) is 3.49. The summed E-state index contributed by atoms with van der Waals surface area (Å²) in [5.41, 5.74) is 8.55. The number of aryl methyl sites for hydroxylation is 2. The summed E-state index contributed by atoms with van der Waals surface area (Å²) >= 11 is 0. The molecule has 0 radical (unpaired) electrons. The summed E-state index contributed by atoms with van der Waals surface area (Å²) in [5.74, 6) is 1.52. The molecule has 1 aliphatic carbocycles. The van der Waals surface area contributed by atoms with Crippen LogP contribution in [0.25, 0.3) is 0 Å². The summed E-state index contributed by atoms with van der Waals surface area (Å²) in [6, 6.07) is 3.94. The molecule has 0 saturated heterocycles. The fourth-order valence-corrected chi connectivity index (χ4v) is 3.57. The molecule has 2 aromatic heterocycles. The van der Waals surface area contributed by atoms with Gasteiger partial charge < -0.3 is 16.0 Å². The zero-order chi connectivity index (χ0) is 18.1. The van der Waals surface area contributed by atoms with Crippen LogP contribution in [0.15, 0.2) is 12.1 Å². The molecule has 3 heterocycles. The van der Waals surface area contributed by atoms with E-state index >= 15 is 0 Å². The van der Waals surface area contributed by atoms with E-state index < -0.39 is 0 Å². The van der Waals surface area contributed by atoms with Gasteiger partial charge in [0.15, 0.2) is 0 Å². The molecule has 138 valence electrons. The smallest absolute Gasteiger partial charge is 0.226 e. The number of hydrogen-bond acceptors (Lipinski definition) is 6. The van der Waals surface area contributed by atoms with E-state index in [9.17, 15) is 4.79 Å². The van der Waals surface area contributed by atoms with Gasteiger partial charge in [-0.05, 0) is 32.3 Å². The van der Waals surface area contributed by atoms with E-state index in [4.69, 9.17) is 5.73 Å². The second-order valence-electron chi connectivity index (χ2n) is 7.20. The predicted molar refractivity (Wildman–Crippen MR) is 98.1 cm³/mol. The van der Waals surface area contributed by atoms with E-state index in [1.807, 2.05) is 22.6 Å². The van der Waals surface area contributed by atoms with Gasteiger partial charge in [-0.15, -0.1) is 0 Å². The Morgan fingerprint density at radius 2 is 2.12 bits per heavy atom. The Kier molecular flexibility index (Phi) is 4.48. The van der Waals surface area contributed by atoms with Gasteiger partial charge >= 0.3 is 0 Å². The molecule has 0 spiro atoms. The van der Waals surface area contributed by atoms with Crippen LogP contribution in [0.4, 0.5) is 11.8 Å². The summed E-state index contributed by atoms with van der Waals surface area (Å²) in [7, 11) is 0. The molecule has 8 nitrogen and oxygen atoms in total. The summed E-state index contributed by atoms with van der Waals surface area (Å²) < 4.78 is 2.03. The van der Waals surface area contributed by atoms with Crippen molar-refractivity contribution in [3.63, 3.8) is 0 Å². The highest BCUT2D eigenvalue weighted by Crippen LogP contribution is 2.29. The number of hydrogen-bond donors (Lipinski definition) is 2. The summed E-state index contributed by atoms with van der Waals surface area (Å²) in [6.45, 7) is 4.78. The van der Waals surface area contributed by atoms with Crippen LogP contribution in [0, 0.1) is 12.8 Å². The van der Waals surface area contributed by atoms with E-state index in [0.717, 1.165) is 49.4 Å². The van der Waals surface area contributed by atoms with E-state index in [1.54, 1.807) is 0 Å². The monoisotopic (exact) mass is 355 g/mol. The normalized spacial score (nSPS) is 17.3. The molecule has 0 aromatic carbocycles. The van der Waals surface area contributed by atoms with Crippen LogP contribution in [0.3, 0.4) is 0 Å². The first-order valence-electron chi connectivity index (χ1n) is 9.28. The Balaban J connectivity index is 1.43. The lowest BCUT2D eigenvalue weighted by atomic mass is 9.84. The van der Waals surface area contributed by atoms with Crippen molar-refractivity contribution < 1.29 is 4.79 Å². The lowest BCUT2D eigenvalue weighted by molar-refractivity contribution is -0.138. The van der Waals surface area contributed by atoms with Gasteiger partial charge in [-0.3, -0.25) is 9.48 Å². The Bertz CT molecular complexity index is 792. The second-order valence-corrected chi connectivity index (χ2v) is 7.20. The first kappa shape index (κ1) is 16.8. The minimum absolute atomic E-state index is 0.247. The van der Waals surface area contributed by atoms with Crippen molar-refractivity contribution in [3.8, 4) is 0 Å². The highest BCUT2D eigenvalue weighted by Gasteiger charge is 2.30. The van der Waals surface area contributed by atoms with Gasteiger partial charge in [0.2, 0.25) is 11.9 Å². The van der Waals surface area contributed by atoms with Gasteiger partial charge in [0.25, 0.3) is 0 Å². The lowest BCUT2D eigenvalue weighted by Gasteiger charge is -2.30. The van der Waals surface area contributed by atoms with Crippen LogP contribution in [-0.4, -0.2) is 37.1 Å². The van der Waals surface area contributed by atoms with E-state index in [1.165, 1.54) is 6.42 Å². The van der Waals surface area contributed by atoms with Crippen molar-refractivity contribution in [2.24, 2.45) is 5.92 Å². The number of nitrogens with one attached hydrogen (secondary N) is 1. The average Bonchev–Trinajstić information content (AvgIpc) is 2.81. The summed E-state index contributed by atoms with van der Waals surface area (Å²) in [5, 5.41) is 7.94. The molecule has 1 aliphatic heterocycles. The van der Waals surface area contributed by atoms with Gasteiger partial charge in [0.1, 0.15) is 5.82 Å². The largest absolute Gasteiger partial charge is 0.368 e. The summed E-state index contributed by atoms with van der Waals surface area (Å²) in [6.07, 6.45) is 4.23. The first-order chi connectivity index (χ1) is 12.6. The van der Waals surface area contributed by atoms with Crippen molar-refractivity contribution in [2.75, 3.05) is 17.6 Å². The standard InChI is InChI=1S/C18H25N7O/c1-12-8-16(22-18(19)21-12)20-10-14-9-15-11-24(6-3-7-25(15)23-14)17(26)13-4-2-5-13/h8-9,13H,2-7,10-11H2,1H3,(H3,19,20,21,22). The molecule has 0 unspecified atom stereocenters. The van der Waals surface area contributed by atoms with Gasteiger partial charge in [-0.2, -0.15) is 10.1 Å². The Morgan fingerprint density at radius 1 is 1.27 bits per heavy atom. The third-order valence-electron chi connectivity index (χ3n) is 5.15. The molecule has 4 rings (SSSR count). The Morgan fingerprint density at radius 3 is 2.85 bits per heavy atom. The molecule has 8 heteroatoms. The maximum absolute atomic E-state index is 12.6. The van der Waals surface area contributed by atoms with Crippen molar-refractivity contribution in [1.29, 1.82) is 0 Å². The zero-order valence-corrected chi connectivity index (χ0v) is 15.1. The molecule has 3 N–H and O–H groups in total.